The maximum atomic E-state index is 6.70. The van der Waals surface area contributed by atoms with Crippen molar-refractivity contribution in [1.82, 2.24) is 9.55 Å². The van der Waals surface area contributed by atoms with Crippen molar-refractivity contribution in [3.8, 4) is 0 Å². The van der Waals surface area contributed by atoms with E-state index < -0.39 is 11.6 Å². The molecule has 0 spiro atoms. The lowest BCUT2D eigenvalue weighted by Gasteiger charge is -2.24. The van der Waals surface area contributed by atoms with Crippen LogP contribution in [-0.2, 0) is 11.3 Å². The number of ether oxygens (including phenoxy) is 1. The summed E-state index contributed by atoms with van der Waals surface area (Å²) in [4.78, 5) is 4.06. The second-order valence-electron chi connectivity index (χ2n) is 6.19. The standard InChI is InChI=1S/C20H14Cl4N2O2/c21-14-3-1-12(2-4-14)18(20(24)26-6-5-25-11-26)27-9-13-10-28-19-16(13)7-15(22)8-17(19)23/h1-8,10-11,18,20H,9H2. The molecule has 0 aliphatic heterocycles. The van der Waals surface area contributed by atoms with Gasteiger partial charge >= 0.3 is 0 Å². The van der Waals surface area contributed by atoms with Gasteiger partial charge in [-0.25, -0.2) is 4.98 Å². The van der Waals surface area contributed by atoms with Crippen LogP contribution in [0.1, 0.15) is 22.7 Å². The van der Waals surface area contributed by atoms with Gasteiger partial charge in [0, 0.05) is 33.4 Å². The Morgan fingerprint density at radius 2 is 1.86 bits per heavy atom. The fraction of sp³-hybridized carbons (Fsp3) is 0.150. The zero-order chi connectivity index (χ0) is 19.7. The number of alkyl halides is 1. The molecule has 0 saturated carbocycles. The SMILES string of the molecule is Clc1ccc(C(OCc2coc3c(Cl)cc(Cl)cc23)C(Cl)n2ccnc2)cc1. The van der Waals surface area contributed by atoms with E-state index in [1.54, 1.807) is 53.8 Å². The largest absolute Gasteiger partial charge is 0.462 e. The summed E-state index contributed by atoms with van der Waals surface area (Å²) in [6.07, 6.45) is 6.27. The van der Waals surface area contributed by atoms with Crippen molar-refractivity contribution in [3.05, 3.63) is 87.6 Å². The predicted octanol–water partition coefficient (Wildman–Crippen LogP) is 7.29. The molecular formula is C20H14Cl4N2O2. The molecule has 0 fully saturated rings. The molecular weight excluding hydrogens is 442 g/mol. The van der Waals surface area contributed by atoms with Crippen molar-refractivity contribution >= 4 is 57.4 Å². The van der Waals surface area contributed by atoms with Gasteiger partial charge in [0.25, 0.3) is 0 Å². The highest BCUT2D eigenvalue weighted by Crippen LogP contribution is 2.37. The van der Waals surface area contributed by atoms with Crippen LogP contribution in [0.25, 0.3) is 11.0 Å². The quantitative estimate of drug-likeness (QED) is 0.286. The van der Waals surface area contributed by atoms with E-state index in [2.05, 4.69) is 4.98 Å². The minimum atomic E-state index is -0.506. The molecule has 4 aromatic rings. The molecule has 0 aliphatic carbocycles. The van der Waals surface area contributed by atoms with Crippen LogP contribution in [0.5, 0.6) is 0 Å². The fourth-order valence-electron chi connectivity index (χ4n) is 2.96. The number of halogens is 4. The van der Waals surface area contributed by atoms with Crippen molar-refractivity contribution in [2.45, 2.75) is 18.2 Å². The molecule has 0 amide bonds. The van der Waals surface area contributed by atoms with Gasteiger partial charge in [-0.05, 0) is 29.8 Å². The lowest BCUT2D eigenvalue weighted by molar-refractivity contribution is 0.0238. The van der Waals surface area contributed by atoms with Gasteiger partial charge in [-0.2, -0.15) is 0 Å². The summed E-state index contributed by atoms with van der Waals surface area (Å²) < 4.78 is 13.6. The molecule has 0 radical (unpaired) electrons. The number of hydrogen-bond acceptors (Lipinski definition) is 3. The molecule has 0 bridgehead atoms. The van der Waals surface area contributed by atoms with E-state index in [1.165, 1.54) is 0 Å². The minimum absolute atomic E-state index is 0.259. The Morgan fingerprint density at radius 3 is 2.57 bits per heavy atom. The Morgan fingerprint density at radius 1 is 1.07 bits per heavy atom. The van der Waals surface area contributed by atoms with Gasteiger partial charge in [0.1, 0.15) is 11.6 Å². The lowest BCUT2D eigenvalue weighted by Crippen LogP contribution is -2.15. The van der Waals surface area contributed by atoms with Crippen LogP contribution in [0.15, 0.2) is 65.8 Å². The first-order chi connectivity index (χ1) is 13.5. The molecule has 0 saturated heterocycles. The van der Waals surface area contributed by atoms with Crippen LogP contribution >= 0.6 is 46.4 Å². The van der Waals surface area contributed by atoms with Crippen LogP contribution in [0.2, 0.25) is 15.1 Å². The van der Waals surface area contributed by atoms with Crippen LogP contribution in [0.4, 0.5) is 0 Å². The zero-order valence-electron chi connectivity index (χ0n) is 14.4. The number of fused-ring (bicyclic) bond motifs is 1. The van der Waals surface area contributed by atoms with Gasteiger partial charge in [0.15, 0.2) is 5.58 Å². The van der Waals surface area contributed by atoms with Gasteiger partial charge in [-0.3, -0.25) is 0 Å². The molecule has 2 heterocycles. The number of imidazole rings is 1. The number of furan rings is 1. The molecule has 0 N–H and O–H groups in total. The molecule has 144 valence electrons. The first kappa shape index (κ1) is 19.6. The van der Waals surface area contributed by atoms with Crippen molar-refractivity contribution in [3.63, 3.8) is 0 Å². The fourth-order valence-corrected chi connectivity index (χ4v) is 3.96. The third-order valence-electron chi connectivity index (χ3n) is 4.35. The predicted molar refractivity (Wildman–Crippen MR) is 112 cm³/mol. The number of hydrogen-bond donors (Lipinski definition) is 0. The molecule has 0 aliphatic rings. The zero-order valence-corrected chi connectivity index (χ0v) is 17.4. The van der Waals surface area contributed by atoms with Crippen LogP contribution in [0.3, 0.4) is 0 Å². The molecule has 8 heteroatoms. The molecule has 2 atom stereocenters. The Labute approximate surface area is 181 Å². The second kappa shape index (κ2) is 8.36. The maximum Gasteiger partial charge on any atom is 0.152 e. The Kier molecular flexibility index (Phi) is 5.85. The Bertz CT molecular complexity index is 1080. The number of nitrogens with zero attached hydrogens (tertiary/aromatic N) is 2. The summed E-state index contributed by atoms with van der Waals surface area (Å²) >= 11 is 25.1. The molecule has 2 aromatic heterocycles. The highest BCUT2D eigenvalue weighted by Gasteiger charge is 2.24. The summed E-state index contributed by atoms with van der Waals surface area (Å²) in [7, 11) is 0. The second-order valence-corrected chi connectivity index (χ2v) is 7.92. The van der Waals surface area contributed by atoms with E-state index in [-0.39, 0.29) is 6.61 Å². The van der Waals surface area contributed by atoms with Crippen molar-refractivity contribution in [2.24, 2.45) is 0 Å². The van der Waals surface area contributed by atoms with E-state index in [1.807, 2.05) is 12.1 Å². The van der Waals surface area contributed by atoms with Gasteiger partial charge in [0.05, 0.1) is 24.2 Å². The smallest absolute Gasteiger partial charge is 0.152 e. The normalized spacial score (nSPS) is 13.7. The van der Waals surface area contributed by atoms with Gasteiger partial charge < -0.3 is 13.7 Å². The lowest BCUT2D eigenvalue weighted by atomic mass is 10.1. The minimum Gasteiger partial charge on any atom is -0.462 e. The maximum absolute atomic E-state index is 6.70. The van der Waals surface area contributed by atoms with Crippen molar-refractivity contribution in [2.75, 3.05) is 0 Å². The summed E-state index contributed by atoms with van der Waals surface area (Å²) in [5, 5.41) is 2.43. The van der Waals surface area contributed by atoms with E-state index in [0.29, 0.717) is 20.7 Å². The molecule has 2 unspecified atom stereocenters. The van der Waals surface area contributed by atoms with E-state index in [4.69, 9.17) is 55.6 Å². The topological polar surface area (TPSA) is 40.2 Å². The Hall–Kier alpha value is -1.69. The molecule has 4 rings (SSSR count). The molecule has 2 aromatic carbocycles. The van der Waals surface area contributed by atoms with Crippen LogP contribution in [-0.4, -0.2) is 9.55 Å². The van der Waals surface area contributed by atoms with Gasteiger partial charge in [-0.15, -0.1) is 0 Å². The summed E-state index contributed by atoms with van der Waals surface area (Å²) in [6.45, 7) is 0.259. The molecule has 28 heavy (non-hydrogen) atoms. The van der Waals surface area contributed by atoms with Gasteiger partial charge in [0.2, 0.25) is 0 Å². The first-order valence-electron chi connectivity index (χ1n) is 8.36. The number of rotatable bonds is 6. The van der Waals surface area contributed by atoms with Crippen molar-refractivity contribution < 1.29 is 9.15 Å². The van der Waals surface area contributed by atoms with E-state index in [0.717, 1.165) is 16.5 Å². The molecule has 4 nitrogen and oxygen atoms in total. The van der Waals surface area contributed by atoms with E-state index >= 15 is 0 Å². The van der Waals surface area contributed by atoms with Crippen LogP contribution in [0, 0.1) is 0 Å². The monoisotopic (exact) mass is 454 g/mol. The third kappa shape index (κ3) is 4.02. The van der Waals surface area contributed by atoms with Crippen molar-refractivity contribution in [1.29, 1.82) is 0 Å². The average Bonchev–Trinajstić information content (AvgIpc) is 3.33. The highest BCUT2D eigenvalue weighted by atomic mass is 35.5. The number of benzene rings is 2. The van der Waals surface area contributed by atoms with Crippen LogP contribution < -0.4 is 0 Å². The Balaban J connectivity index is 1.64. The summed E-state index contributed by atoms with van der Waals surface area (Å²) in [6, 6.07) is 10.8. The number of aromatic nitrogens is 2. The first-order valence-corrected chi connectivity index (χ1v) is 9.93. The third-order valence-corrected chi connectivity index (χ3v) is 5.55. The van der Waals surface area contributed by atoms with Gasteiger partial charge in [-0.1, -0.05) is 58.5 Å². The highest BCUT2D eigenvalue weighted by molar-refractivity contribution is 6.38. The summed E-state index contributed by atoms with van der Waals surface area (Å²) in [5.41, 5.74) is 1.79. The average molecular weight is 456 g/mol. The summed E-state index contributed by atoms with van der Waals surface area (Å²) in [5.74, 6) is 0. The van der Waals surface area contributed by atoms with E-state index in [9.17, 15) is 0 Å².